The fourth-order valence-corrected chi connectivity index (χ4v) is 2.61. The fourth-order valence-electron chi connectivity index (χ4n) is 2.61. The van der Waals surface area contributed by atoms with Crippen molar-refractivity contribution in [3.63, 3.8) is 0 Å². The van der Waals surface area contributed by atoms with E-state index in [0.29, 0.717) is 0 Å². The van der Waals surface area contributed by atoms with Gasteiger partial charge in [0.2, 0.25) is 0 Å². The number of hydrogen-bond donors (Lipinski definition) is 0. The van der Waals surface area contributed by atoms with Crippen LogP contribution in [-0.2, 0) is 0 Å². The second-order valence-corrected chi connectivity index (χ2v) is 5.36. The predicted molar refractivity (Wildman–Crippen MR) is 95.8 cm³/mol. The van der Waals surface area contributed by atoms with Crippen LogP contribution in [0.1, 0.15) is 43.9 Å². The standard InChI is InChI=1S/C20H25NO2/c1-5-19(15-9-7-11-17(13-15)22-3)21-20(6-2)16-10-8-12-18(14-16)23-4/h7-14,19H,5-6H2,1-4H3. The molecule has 2 aromatic carbocycles. The summed E-state index contributed by atoms with van der Waals surface area (Å²) in [5.41, 5.74) is 3.40. The van der Waals surface area contributed by atoms with Gasteiger partial charge in [-0.3, -0.25) is 4.99 Å². The summed E-state index contributed by atoms with van der Waals surface area (Å²) in [4.78, 5) is 5.01. The molecule has 0 aliphatic rings. The third-order valence-corrected chi connectivity index (χ3v) is 3.91. The first-order valence-corrected chi connectivity index (χ1v) is 8.06. The largest absolute Gasteiger partial charge is 0.497 e. The monoisotopic (exact) mass is 311 g/mol. The summed E-state index contributed by atoms with van der Waals surface area (Å²) in [5.74, 6) is 1.73. The van der Waals surface area contributed by atoms with Gasteiger partial charge in [-0.25, -0.2) is 0 Å². The van der Waals surface area contributed by atoms with E-state index in [1.165, 1.54) is 5.56 Å². The molecule has 122 valence electrons. The Bertz CT molecular complexity index is 664. The van der Waals surface area contributed by atoms with Gasteiger partial charge in [0.15, 0.2) is 0 Å². The molecule has 2 rings (SSSR count). The van der Waals surface area contributed by atoms with Crippen LogP contribution in [0, 0.1) is 0 Å². The highest BCUT2D eigenvalue weighted by atomic mass is 16.5. The van der Waals surface area contributed by atoms with Gasteiger partial charge in [0.25, 0.3) is 0 Å². The van der Waals surface area contributed by atoms with E-state index >= 15 is 0 Å². The summed E-state index contributed by atoms with van der Waals surface area (Å²) in [6.07, 6.45) is 1.83. The second-order valence-electron chi connectivity index (χ2n) is 5.36. The van der Waals surface area contributed by atoms with Gasteiger partial charge in [-0.15, -0.1) is 0 Å². The van der Waals surface area contributed by atoms with Crippen LogP contribution in [0.5, 0.6) is 11.5 Å². The minimum absolute atomic E-state index is 0.131. The van der Waals surface area contributed by atoms with Gasteiger partial charge in [0.1, 0.15) is 11.5 Å². The molecule has 0 radical (unpaired) electrons. The molecule has 3 nitrogen and oxygen atoms in total. The summed E-state index contributed by atoms with van der Waals surface area (Å²) < 4.78 is 10.7. The van der Waals surface area contributed by atoms with Gasteiger partial charge in [0, 0.05) is 5.71 Å². The second kappa shape index (κ2) is 8.37. The average molecular weight is 311 g/mol. The van der Waals surface area contributed by atoms with Crippen molar-refractivity contribution in [1.82, 2.24) is 0 Å². The highest BCUT2D eigenvalue weighted by Crippen LogP contribution is 2.26. The summed E-state index contributed by atoms with van der Waals surface area (Å²) in [5, 5.41) is 0. The Morgan fingerprint density at radius 2 is 1.61 bits per heavy atom. The molecule has 0 fully saturated rings. The molecule has 0 saturated heterocycles. The molecule has 23 heavy (non-hydrogen) atoms. The van der Waals surface area contributed by atoms with Crippen LogP contribution in [0.4, 0.5) is 0 Å². The van der Waals surface area contributed by atoms with E-state index in [2.05, 4.69) is 32.0 Å². The number of ether oxygens (including phenoxy) is 2. The highest BCUT2D eigenvalue weighted by Gasteiger charge is 2.11. The van der Waals surface area contributed by atoms with Crippen LogP contribution in [0.15, 0.2) is 53.5 Å². The number of aliphatic imine (C=N–C) groups is 1. The van der Waals surface area contributed by atoms with Crippen molar-refractivity contribution in [2.24, 2.45) is 4.99 Å². The van der Waals surface area contributed by atoms with E-state index in [4.69, 9.17) is 14.5 Å². The van der Waals surface area contributed by atoms with Gasteiger partial charge < -0.3 is 9.47 Å². The molecule has 0 N–H and O–H groups in total. The lowest BCUT2D eigenvalue weighted by atomic mass is 10.0. The zero-order valence-electron chi connectivity index (χ0n) is 14.4. The first-order valence-electron chi connectivity index (χ1n) is 8.06. The first-order chi connectivity index (χ1) is 11.2. The van der Waals surface area contributed by atoms with E-state index in [1.54, 1.807) is 14.2 Å². The molecular weight excluding hydrogens is 286 g/mol. The molecule has 1 atom stereocenters. The third-order valence-electron chi connectivity index (χ3n) is 3.91. The summed E-state index contributed by atoms with van der Waals surface area (Å²) in [6, 6.07) is 16.4. The maximum atomic E-state index is 5.33. The van der Waals surface area contributed by atoms with Crippen LogP contribution in [-0.4, -0.2) is 19.9 Å². The summed E-state index contributed by atoms with van der Waals surface area (Å²) in [6.45, 7) is 4.29. The quantitative estimate of drug-likeness (QED) is 0.670. The molecule has 2 aromatic rings. The molecule has 3 heteroatoms. The lowest BCUT2D eigenvalue weighted by molar-refractivity contribution is 0.413. The van der Waals surface area contributed by atoms with Gasteiger partial charge >= 0.3 is 0 Å². The molecule has 0 aliphatic heterocycles. The number of benzene rings is 2. The van der Waals surface area contributed by atoms with Crippen molar-refractivity contribution < 1.29 is 9.47 Å². The fraction of sp³-hybridized carbons (Fsp3) is 0.350. The molecule has 0 bridgehead atoms. The van der Waals surface area contributed by atoms with Crippen LogP contribution in [0.25, 0.3) is 0 Å². The molecule has 0 heterocycles. The summed E-state index contributed by atoms with van der Waals surface area (Å²) >= 11 is 0. The molecule has 1 unspecified atom stereocenters. The minimum atomic E-state index is 0.131. The SMILES string of the molecule is CCC(=NC(CC)c1cccc(OC)c1)c1cccc(OC)c1. The average Bonchev–Trinajstić information content (AvgIpc) is 2.62. The Morgan fingerprint density at radius 1 is 0.957 bits per heavy atom. The van der Waals surface area contributed by atoms with Crippen molar-refractivity contribution in [2.75, 3.05) is 14.2 Å². The number of hydrogen-bond acceptors (Lipinski definition) is 3. The molecular formula is C20H25NO2. The molecule has 0 aliphatic carbocycles. The Morgan fingerprint density at radius 3 is 2.22 bits per heavy atom. The summed E-state index contributed by atoms with van der Waals surface area (Å²) in [7, 11) is 3.38. The van der Waals surface area contributed by atoms with Crippen LogP contribution in [0.2, 0.25) is 0 Å². The van der Waals surface area contributed by atoms with Crippen molar-refractivity contribution in [1.29, 1.82) is 0 Å². The Kier molecular flexibility index (Phi) is 6.21. The van der Waals surface area contributed by atoms with Crippen molar-refractivity contribution in [3.05, 3.63) is 59.7 Å². The molecule has 0 amide bonds. The third kappa shape index (κ3) is 4.35. The number of rotatable bonds is 7. The van der Waals surface area contributed by atoms with Gasteiger partial charge in [-0.05, 0) is 48.2 Å². The maximum absolute atomic E-state index is 5.33. The molecule has 0 saturated carbocycles. The lowest BCUT2D eigenvalue weighted by Crippen LogP contribution is -2.04. The van der Waals surface area contributed by atoms with E-state index in [9.17, 15) is 0 Å². The van der Waals surface area contributed by atoms with E-state index in [1.807, 2.05) is 30.3 Å². The maximum Gasteiger partial charge on any atom is 0.119 e. The van der Waals surface area contributed by atoms with E-state index in [0.717, 1.165) is 35.6 Å². The first kappa shape index (κ1) is 17.1. The number of nitrogens with zero attached hydrogens (tertiary/aromatic N) is 1. The van der Waals surface area contributed by atoms with Crippen LogP contribution < -0.4 is 9.47 Å². The van der Waals surface area contributed by atoms with Crippen molar-refractivity contribution >= 4 is 5.71 Å². The normalized spacial score (nSPS) is 12.8. The zero-order valence-corrected chi connectivity index (χ0v) is 14.4. The highest BCUT2D eigenvalue weighted by molar-refractivity contribution is 6.00. The predicted octanol–water partition coefficient (Wildman–Crippen LogP) is 5.05. The van der Waals surface area contributed by atoms with Crippen molar-refractivity contribution in [3.8, 4) is 11.5 Å². The number of methoxy groups -OCH3 is 2. The van der Waals surface area contributed by atoms with Gasteiger partial charge in [0.05, 0.1) is 20.3 Å². The van der Waals surface area contributed by atoms with Crippen LogP contribution in [0.3, 0.4) is 0 Å². The van der Waals surface area contributed by atoms with E-state index < -0.39 is 0 Å². The lowest BCUT2D eigenvalue weighted by Gasteiger charge is -2.15. The zero-order chi connectivity index (χ0) is 16.7. The minimum Gasteiger partial charge on any atom is -0.497 e. The topological polar surface area (TPSA) is 30.8 Å². The Labute approximate surface area is 139 Å². The van der Waals surface area contributed by atoms with Crippen molar-refractivity contribution in [2.45, 2.75) is 32.7 Å². The van der Waals surface area contributed by atoms with Gasteiger partial charge in [-0.1, -0.05) is 38.1 Å². The van der Waals surface area contributed by atoms with Gasteiger partial charge in [-0.2, -0.15) is 0 Å². The van der Waals surface area contributed by atoms with E-state index in [-0.39, 0.29) is 6.04 Å². The smallest absolute Gasteiger partial charge is 0.119 e. The Hall–Kier alpha value is -2.29. The van der Waals surface area contributed by atoms with Crippen LogP contribution >= 0.6 is 0 Å². The molecule has 0 aromatic heterocycles. The molecule has 0 spiro atoms. The Balaban J connectivity index is 2.36.